The molecule has 0 bridgehead atoms. The zero-order valence-corrected chi connectivity index (χ0v) is 11.5. The highest BCUT2D eigenvalue weighted by molar-refractivity contribution is 5.80. The van der Waals surface area contributed by atoms with E-state index in [9.17, 15) is 4.79 Å². The highest BCUT2D eigenvalue weighted by atomic mass is 16.2. The number of carbonyl (C=O) groups excluding carboxylic acids is 1. The predicted octanol–water partition coefficient (Wildman–Crippen LogP) is 1.75. The van der Waals surface area contributed by atoms with Gasteiger partial charge in [-0.3, -0.25) is 4.79 Å². The summed E-state index contributed by atoms with van der Waals surface area (Å²) in [5, 5.41) is 3.34. The summed E-state index contributed by atoms with van der Waals surface area (Å²) in [5.41, 5.74) is 2.24. The monoisotopic (exact) mass is 246 g/mol. The summed E-state index contributed by atoms with van der Waals surface area (Å²) in [4.78, 5) is 14.4. The van der Waals surface area contributed by atoms with E-state index in [4.69, 9.17) is 0 Å². The molecule has 18 heavy (non-hydrogen) atoms. The smallest absolute Gasteiger partial charge is 0.227 e. The molecular formula is C15H22N2O. The third-order valence-electron chi connectivity index (χ3n) is 3.70. The summed E-state index contributed by atoms with van der Waals surface area (Å²) in [7, 11) is 0. The van der Waals surface area contributed by atoms with Gasteiger partial charge in [-0.05, 0) is 31.9 Å². The second-order valence-electron chi connectivity index (χ2n) is 5.64. The number of nitrogens with one attached hydrogen (secondary N) is 1. The number of hydrogen-bond donors (Lipinski definition) is 1. The Morgan fingerprint density at radius 2 is 2.11 bits per heavy atom. The van der Waals surface area contributed by atoms with Crippen molar-refractivity contribution >= 4 is 5.91 Å². The molecule has 3 nitrogen and oxygen atoms in total. The maximum atomic E-state index is 12.4. The normalized spacial score (nSPS) is 18.7. The molecule has 0 aromatic heterocycles. The van der Waals surface area contributed by atoms with Gasteiger partial charge < -0.3 is 10.2 Å². The van der Waals surface area contributed by atoms with Crippen molar-refractivity contribution in [3.05, 3.63) is 35.4 Å². The van der Waals surface area contributed by atoms with Gasteiger partial charge in [0, 0.05) is 25.2 Å². The topological polar surface area (TPSA) is 32.3 Å². The van der Waals surface area contributed by atoms with E-state index in [1.807, 2.05) is 23.1 Å². The quantitative estimate of drug-likeness (QED) is 0.862. The first-order valence-corrected chi connectivity index (χ1v) is 6.56. The SMILES string of the molecule is Cc1ccccc1CC(=O)N1CCNCC1(C)C. The summed E-state index contributed by atoms with van der Waals surface area (Å²) in [6.45, 7) is 8.86. The minimum atomic E-state index is -0.0853. The van der Waals surface area contributed by atoms with E-state index < -0.39 is 0 Å². The molecule has 3 heteroatoms. The number of carbonyl (C=O) groups is 1. The highest BCUT2D eigenvalue weighted by Gasteiger charge is 2.32. The zero-order valence-electron chi connectivity index (χ0n) is 11.5. The number of amides is 1. The van der Waals surface area contributed by atoms with Crippen molar-refractivity contribution in [2.24, 2.45) is 0 Å². The van der Waals surface area contributed by atoms with Crippen LogP contribution in [0.4, 0.5) is 0 Å². The second-order valence-corrected chi connectivity index (χ2v) is 5.64. The molecule has 1 saturated heterocycles. The molecule has 0 spiro atoms. The number of rotatable bonds is 2. The van der Waals surface area contributed by atoms with Crippen LogP contribution in [0.3, 0.4) is 0 Å². The van der Waals surface area contributed by atoms with Crippen LogP contribution >= 0.6 is 0 Å². The van der Waals surface area contributed by atoms with Gasteiger partial charge in [0.1, 0.15) is 0 Å². The molecule has 1 N–H and O–H groups in total. The van der Waals surface area contributed by atoms with Gasteiger partial charge in [0.25, 0.3) is 0 Å². The van der Waals surface area contributed by atoms with E-state index in [0.717, 1.165) is 25.2 Å². The van der Waals surface area contributed by atoms with Crippen molar-refractivity contribution in [1.82, 2.24) is 10.2 Å². The number of piperazine rings is 1. The average molecular weight is 246 g/mol. The molecule has 0 atom stereocenters. The fourth-order valence-corrected chi connectivity index (χ4v) is 2.51. The van der Waals surface area contributed by atoms with E-state index in [1.54, 1.807) is 0 Å². The maximum Gasteiger partial charge on any atom is 0.227 e. The van der Waals surface area contributed by atoms with Gasteiger partial charge in [-0.25, -0.2) is 0 Å². The minimum absolute atomic E-state index is 0.0853. The third-order valence-corrected chi connectivity index (χ3v) is 3.70. The molecule has 0 aliphatic carbocycles. The minimum Gasteiger partial charge on any atom is -0.335 e. The molecule has 1 aromatic carbocycles. The van der Waals surface area contributed by atoms with Crippen molar-refractivity contribution in [2.45, 2.75) is 32.7 Å². The van der Waals surface area contributed by atoms with E-state index in [2.05, 4.69) is 32.2 Å². The molecule has 1 fully saturated rings. The Balaban J connectivity index is 2.10. The first-order valence-electron chi connectivity index (χ1n) is 6.56. The molecule has 0 saturated carbocycles. The average Bonchev–Trinajstić information content (AvgIpc) is 2.31. The standard InChI is InChI=1S/C15H22N2O/c1-12-6-4-5-7-13(12)10-14(18)17-9-8-16-11-15(17,2)3/h4-7,16H,8-11H2,1-3H3. The number of hydrogen-bond acceptors (Lipinski definition) is 2. The van der Waals surface area contributed by atoms with Crippen molar-refractivity contribution in [1.29, 1.82) is 0 Å². The third kappa shape index (κ3) is 2.72. The Kier molecular flexibility index (Phi) is 3.71. The largest absolute Gasteiger partial charge is 0.335 e. The summed E-state index contributed by atoms with van der Waals surface area (Å²) < 4.78 is 0. The van der Waals surface area contributed by atoms with Gasteiger partial charge in [-0.1, -0.05) is 24.3 Å². The Hall–Kier alpha value is -1.35. The number of aryl methyl sites for hydroxylation is 1. The molecule has 1 aliphatic heterocycles. The van der Waals surface area contributed by atoms with E-state index in [-0.39, 0.29) is 11.4 Å². The fourth-order valence-electron chi connectivity index (χ4n) is 2.51. The molecule has 98 valence electrons. The molecule has 1 amide bonds. The van der Waals surface area contributed by atoms with Gasteiger partial charge in [0.05, 0.1) is 6.42 Å². The van der Waals surface area contributed by atoms with Crippen LogP contribution in [0.1, 0.15) is 25.0 Å². The molecule has 0 radical (unpaired) electrons. The Labute approximate surface area is 109 Å². The van der Waals surface area contributed by atoms with E-state index in [1.165, 1.54) is 5.56 Å². The van der Waals surface area contributed by atoms with Crippen LogP contribution in [0.15, 0.2) is 24.3 Å². The van der Waals surface area contributed by atoms with Gasteiger partial charge in [0.2, 0.25) is 5.91 Å². The lowest BCUT2D eigenvalue weighted by Crippen LogP contribution is -2.60. The summed E-state index contributed by atoms with van der Waals surface area (Å²) >= 11 is 0. The molecule has 1 heterocycles. The maximum absolute atomic E-state index is 12.4. The van der Waals surface area contributed by atoms with Crippen LogP contribution in [0, 0.1) is 6.92 Å². The van der Waals surface area contributed by atoms with E-state index >= 15 is 0 Å². The molecule has 1 aromatic rings. The predicted molar refractivity (Wildman–Crippen MR) is 73.5 cm³/mol. The van der Waals surface area contributed by atoms with Crippen molar-refractivity contribution < 1.29 is 4.79 Å². The second kappa shape index (κ2) is 5.11. The van der Waals surface area contributed by atoms with Crippen LogP contribution < -0.4 is 5.32 Å². The Morgan fingerprint density at radius 3 is 2.78 bits per heavy atom. The number of benzene rings is 1. The van der Waals surface area contributed by atoms with Crippen LogP contribution in [-0.4, -0.2) is 36.0 Å². The first kappa shape index (κ1) is 13.1. The van der Waals surface area contributed by atoms with Crippen molar-refractivity contribution in [2.75, 3.05) is 19.6 Å². The lowest BCUT2D eigenvalue weighted by Gasteiger charge is -2.43. The summed E-state index contributed by atoms with van der Waals surface area (Å²) in [6, 6.07) is 8.12. The molecule has 0 unspecified atom stereocenters. The van der Waals surface area contributed by atoms with E-state index in [0.29, 0.717) is 6.42 Å². The van der Waals surface area contributed by atoms with Crippen molar-refractivity contribution in [3.63, 3.8) is 0 Å². The number of nitrogens with zero attached hydrogens (tertiary/aromatic N) is 1. The fraction of sp³-hybridized carbons (Fsp3) is 0.533. The molecular weight excluding hydrogens is 224 g/mol. The molecule has 2 rings (SSSR count). The van der Waals surface area contributed by atoms with Crippen LogP contribution in [-0.2, 0) is 11.2 Å². The Bertz CT molecular complexity index is 440. The summed E-state index contributed by atoms with van der Waals surface area (Å²) in [5.74, 6) is 0.232. The molecule has 1 aliphatic rings. The van der Waals surface area contributed by atoms with Crippen LogP contribution in [0.2, 0.25) is 0 Å². The van der Waals surface area contributed by atoms with Gasteiger partial charge in [-0.2, -0.15) is 0 Å². The van der Waals surface area contributed by atoms with Crippen LogP contribution in [0.5, 0.6) is 0 Å². The lowest BCUT2D eigenvalue weighted by molar-refractivity contribution is -0.136. The van der Waals surface area contributed by atoms with Gasteiger partial charge in [-0.15, -0.1) is 0 Å². The van der Waals surface area contributed by atoms with Gasteiger partial charge in [0.15, 0.2) is 0 Å². The zero-order chi connectivity index (χ0) is 13.2. The van der Waals surface area contributed by atoms with Crippen LogP contribution in [0.25, 0.3) is 0 Å². The highest BCUT2D eigenvalue weighted by Crippen LogP contribution is 2.18. The first-order chi connectivity index (χ1) is 8.50. The summed E-state index contributed by atoms with van der Waals surface area (Å²) in [6.07, 6.45) is 0.510. The van der Waals surface area contributed by atoms with Gasteiger partial charge >= 0.3 is 0 Å². The Morgan fingerprint density at radius 1 is 1.39 bits per heavy atom. The lowest BCUT2D eigenvalue weighted by atomic mass is 9.98. The van der Waals surface area contributed by atoms with Crippen molar-refractivity contribution in [3.8, 4) is 0 Å².